The zero-order valence-electron chi connectivity index (χ0n) is 13.9. The molecule has 0 radical (unpaired) electrons. The fourth-order valence-electron chi connectivity index (χ4n) is 3.32. The Balaban J connectivity index is 1.47. The number of carbonyl (C=O) groups excluding carboxylic acids is 1. The maximum atomic E-state index is 12.6. The summed E-state index contributed by atoms with van der Waals surface area (Å²) in [5.74, 6) is -0.256. The Morgan fingerprint density at radius 2 is 2.23 bits per heavy atom. The Morgan fingerprint density at radius 3 is 3.04 bits per heavy atom. The summed E-state index contributed by atoms with van der Waals surface area (Å²) in [6.07, 6.45) is 3.88. The third kappa shape index (κ3) is 3.27. The molecule has 4 rings (SSSR count). The number of hydrogen-bond donors (Lipinski definition) is 1. The van der Waals surface area contributed by atoms with Crippen LogP contribution in [0.3, 0.4) is 0 Å². The molecule has 0 bridgehead atoms. The highest BCUT2D eigenvalue weighted by molar-refractivity contribution is 9.10. The number of amides is 1. The van der Waals surface area contributed by atoms with E-state index in [0.29, 0.717) is 17.0 Å². The fraction of sp³-hybridized carbons (Fsp3) is 0.316. The van der Waals surface area contributed by atoms with Crippen molar-refractivity contribution in [2.75, 3.05) is 5.32 Å². The summed E-state index contributed by atoms with van der Waals surface area (Å²) >= 11 is 4.96. The van der Waals surface area contributed by atoms with Crippen LogP contribution in [0.25, 0.3) is 0 Å². The summed E-state index contributed by atoms with van der Waals surface area (Å²) in [6, 6.07) is 10.0. The first-order valence-corrected chi connectivity index (χ1v) is 10.1. The second-order valence-corrected chi connectivity index (χ2v) is 8.38. The van der Waals surface area contributed by atoms with Gasteiger partial charge in [0.2, 0.25) is 6.10 Å². The second-order valence-electron chi connectivity index (χ2n) is 6.36. The second kappa shape index (κ2) is 7.22. The molecule has 1 aliphatic heterocycles. The van der Waals surface area contributed by atoms with Crippen molar-refractivity contribution in [2.45, 2.75) is 38.2 Å². The van der Waals surface area contributed by atoms with Crippen LogP contribution < -0.4 is 5.32 Å². The van der Waals surface area contributed by atoms with Crippen molar-refractivity contribution in [2.24, 2.45) is 5.16 Å². The normalized spacial score (nSPS) is 18.5. The van der Waals surface area contributed by atoms with E-state index < -0.39 is 6.10 Å². The van der Waals surface area contributed by atoms with Gasteiger partial charge in [0, 0.05) is 21.3 Å². The van der Waals surface area contributed by atoms with Crippen LogP contribution in [0.4, 0.5) is 5.00 Å². The van der Waals surface area contributed by atoms with Gasteiger partial charge in [0.1, 0.15) is 11.1 Å². The molecule has 1 aliphatic carbocycles. The summed E-state index contributed by atoms with van der Waals surface area (Å²) in [5, 5.41) is 17.1. The molecule has 1 amide bonds. The van der Waals surface area contributed by atoms with Crippen LogP contribution in [0.5, 0.6) is 0 Å². The van der Waals surface area contributed by atoms with Gasteiger partial charge >= 0.3 is 0 Å². The average Bonchev–Trinajstić information content (AvgIpc) is 3.26. The Morgan fingerprint density at radius 1 is 1.38 bits per heavy atom. The zero-order valence-corrected chi connectivity index (χ0v) is 16.3. The number of halogens is 1. The van der Waals surface area contributed by atoms with Gasteiger partial charge in [0.25, 0.3) is 5.91 Å². The average molecular weight is 430 g/mol. The Bertz CT molecular complexity index is 945. The smallest absolute Gasteiger partial charge is 0.269 e. The molecule has 2 aliphatic rings. The van der Waals surface area contributed by atoms with Gasteiger partial charge < -0.3 is 10.2 Å². The van der Waals surface area contributed by atoms with Gasteiger partial charge in [0.15, 0.2) is 0 Å². The highest BCUT2D eigenvalue weighted by Gasteiger charge is 2.31. The minimum atomic E-state index is -0.672. The molecular formula is C19H16BrN3O2S. The molecule has 2 aromatic rings. The predicted octanol–water partition coefficient (Wildman–Crippen LogP) is 4.39. The minimum Gasteiger partial charge on any atom is -0.382 e. The van der Waals surface area contributed by atoms with Crippen molar-refractivity contribution < 1.29 is 9.63 Å². The van der Waals surface area contributed by atoms with Crippen LogP contribution >= 0.6 is 27.3 Å². The number of thiophene rings is 1. The summed E-state index contributed by atoms with van der Waals surface area (Å²) in [4.78, 5) is 19.2. The number of aryl methyl sites for hydroxylation is 1. The lowest BCUT2D eigenvalue weighted by Gasteiger charge is -2.10. The number of rotatable bonds is 3. The first kappa shape index (κ1) is 17.3. The van der Waals surface area contributed by atoms with Crippen LogP contribution in [0.2, 0.25) is 0 Å². The van der Waals surface area contributed by atoms with Gasteiger partial charge in [-0.1, -0.05) is 33.2 Å². The monoisotopic (exact) mass is 429 g/mol. The standard InChI is InChI=1S/C19H16BrN3O2S/c20-12-5-3-4-11(8-12)15-9-16(25-23-15)18(24)22-19-14(10-21)13-6-1-2-7-17(13)26-19/h3-5,8,16H,1-2,6-7,9H2,(H,22,24)/t16-/m1/s1. The van der Waals surface area contributed by atoms with Gasteiger partial charge in [-0.25, -0.2) is 0 Å². The number of fused-ring (bicyclic) bond motifs is 1. The number of anilines is 1. The molecular weight excluding hydrogens is 414 g/mol. The van der Waals surface area contributed by atoms with Crippen LogP contribution in [-0.4, -0.2) is 17.7 Å². The predicted molar refractivity (Wildman–Crippen MR) is 104 cm³/mol. The van der Waals surface area contributed by atoms with Gasteiger partial charge in [0.05, 0.1) is 11.3 Å². The molecule has 7 heteroatoms. The number of nitriles is 1. The van der Waals surface area contributed by atoms with Gasteiger partial charge in [-0.15, -0.1) is 11.3 Å². The highest BCUT2D eigenvalue weighted by Crippen LogP contribution is 2.37. The summed E-state index contributed by atoms with van der Waals surface area (Å²) in [6.45, 7) is 0. The first-order chi connectivity index (χ1) is 12.7. The van der Waals surface area contributed by atoms with E-state index in [-0.39, 0.29) is 5.91 Å². The van der Waals surface area contributed by atoms with Gasteiger partial charge in [-0.05, 0) is 43.4 Å². The third-order valence-corrected chi connectivity index (χ3v) is 6.34. The van der Waals surface area contributed by atoms with E-state index in [1.54, 1.807) is 0 Å². The number of oxime groups is 1. The van der Waals surface area contributed by atoms with Crippen LogP contribution in [-0.2, 0) is 22.5 Å². The fourth-order valence-corrected chi connectivity index (χ4v) is 4.96. The molecule has 0 unspecified atom stereocenters. The van der Waals surface area contributed by atoms with Crippen molar-refractivity contribution in [1.29, 1.82) is 5.26 Å². The molecule has 132 valence electrons. The summed E-state index contributed by atoms with van der Waals surface area (Å²) in [7, 11) is 0. The number of carbonyl (C=O) groups is 1. The maximum absolute atomic E-state index is 12.6. The Kier molecular flexibility index (Phi) is 4.79. The molecule has 0 spiro atoms. The van der Waals surface area contributed by atoms with E-state index in [9.17, 15) is 10.1 Å². The molecule has 1 N–H and O–H groups in total. The number of hydrogen-bond acceptors (Lipinski definition) is 5. The van der Waals surface area contributed by atoms with Crippen LogP contribution in [0, 0.1) is 11.3 Å². The Hall–Kier alpha value is -2.17. The molecule has 0 saturated heterocycles. The van der Waals surface area contributed by atoms with Crippen molar-refractivity contribution in [3.63, 3.8) is 0 Å². The lowest BCUT2D eigenvalue weighted by molar-refractivity contribution is -0.125. The third-order valence-electron chi connectivity index (χ3n) is 4.64. The number of nitrogens with one attached hydrogen (secondary N) is 1. The van der Waals surface area contributed by atoms with Gasteiger partial charge in [-0.3, -0.25) is 4.79 Å². The zero-order chi connectivity index (χ0) is 18.1. The van der Waals surface area contributed by atoms with E-state index in [1.165, 1.54) is 16.2 Å². The van der Waals surface area contributed by atoms with Crippen molar-refractivity contribution in [3.05, 3.63) is 50.3 Å². The lowest BCUT2D eigenvalue weighted by Crippen LogP contribution is -2.28. The first-order valence-electron chi connectivity index (χ1n) is 8.50. The van der Waals surface area contributed by atoms with E-state index in [1.807, 2.05) is 24.3 Å². The molecule has 2 heterocycles. The SMILES string of the molecule is N#Cc1c(NC(=O)[C@H]2CC(c3cccc(Br)c3)=NO2)sc2c1CCCC2. The maximum Gasteiger partial charge on any atom is 0.269 e. The van der Waals surface area contributed by atoms with Crippen LogP contribution in [0.1, 0.15) is 40.8 Å². The van der Waals surface area contributed by atoms with Crippen LogP contribution in [0.15, 0.2) is 33.9 Å². The molecule has 0 saturated carbocycles. The summed E-state index contributed by atoms with van der Waals surface area (Å²) < 4.78 is 0.952. The van der Waals surface area contributed by atoms with Gasteiger partial charge in [-0.2, -0.15) is 5.26 Å². The van der Waals surface area contributed by atoms with E-state index in [4.69, 9.17) is 4.84 Å². The Labute approximate surface area is 163 Å². The molecule has 0 fully saturated rings. The van der Waals surface area contributed by atoms with Crippen molar-refractivity contribution in [1.82, 2.24) is 0 Å². The topological polar surface area (TPSA) is 74.5 Å². The quantitative estimate of drug-likeness (QED) is 0.785. The van der Waals surface area contributed by atoms with Crippen molar-refractivity contribution in [3.8, 4) is 6.07 Å². The molecule has 5 nitrogen and oxygen atoms in total. The van der Waals surface area contributed by atoms with E-state index in [2.05, 4.69) is 32.5 Å². The summed E-state index contributed by atoms with van der Waals surface area (Å²) in [5.41, 5.74) is 3.40. The van der Waals surface area contributed by atoms with E-state index >= 15 is 0 Å². The minimum absolute atomic E-state index is 0.256. The largest absolute Gasteiger partial charge is 0.382 e. The lowest BCUT2D eigenvalue weighted by atomic mass is 9.96. The molecule has 1 aromatic carbocycles. The molecule has 1 aromatic heterocycles. The number of nitrogens with zero attached hydrogens (tertiary/aromatic N) is 2. The molecule has 26 heavy (non-hydrogen) atoms. The van der Waals surface area contributed by atoms with E-state index in [0.717, 1.165) is 47.0 Å². The van der Waals surface area contributed by atoms with Crippen molar-refractivity contribution >= 4 is 43.9 Å². The number of benzene rings is 1. The molecule has 1 atom stereocenters. The highest BCUT2D eigenvalue weighted by atomic mass is 79.9.